The van der Waals surface area contributed by atoms with E-state index in [-0.39, 0.29) is 18.1 Å². The molecule has 4 rings (SSSR count). The van der Waals surface area contributed by atoms with Crippen molar-refractivity contribution in [3.8, 4) is 17.1 Å². The third kappa shape index (κ3) is 3.63. The van der Waals surface area contributed by atoms with Gasteiger partial charge in [-0.15, -0.1) is 0 Å². The number of nitrogens with zero attached hydrogens (tertiary/aromatic N) is 3. The molecule has 1 fully saturated rings. The van der Waals surface area contributed by atoms with Crippen molar-refractivity contribution < 1.29 is 13.9 Å². The Bertz CT molecular complexity index is 924. The zero-order valence-electron chi connectivity index (χ0n) is 15.1. The number of benzene rings is 1. The molecule has 3 heterocycles. The van der Waals surface area contributed by atoms with Crippen molar-refractivity contribution in [1.82, 2.24) is 14.7 Å². The van der Waals surface area contributed by atoms with Crippen LogP contribution in [0.15, 0.2) is 53.1 Å². The van der Waals surface area contributed by atoms with Crippen molar-refractivity contribution in [3.63, 3.8) is 0 Å². The van der Waals surface area contributed by atoms with Gasteiger partial charge < -0.3 is 14.1 Å². The first-order valence-corrected chi connectivity index (χ1v) is 9.23. The molecule has 1 aliphatic heterocycles. The minimum absolute atomic E-state index is 0.00542. The quantitative estimate of drug-likeness (QED) is 0.682. The molecule has 2 atom stereocenters. The maximum absolute atomic E-state index is 13.3. The maximum atomic E-state index is 13.3. The summed E-state index contributed by atoms with van der Waals surface area (Å²) in [6, 6.07) is 12.6. The first-order chi connectivity index (χ1) is 13.0. The first kappa shape index (κ1) is 17.8. The fraction of sp³-hybridized carbons (Fsp3) is 0.300. The summed E-state index contributed by atoms with van der Waals surface area (Å²) in [5.41, 5.74) is 1.84. The fourth-order valence-electron chi connectivity index (χ4n) is 3.36. The van der Waals surface area contributed by atoms with Gasteiger partial charge in [-0.2, -0.15) is 5.10 Å². The summed E-state index contributed by atoms with van der Waals surface area (Å²) in [6.45, 7) is 5.04. The van der Waals surface area contributed by atoms with Gasteiger partial charge in [-0.25, -0.2) is 4.68 Å². The van der Waals surface area contributed by atoms with E-state index in [1.165, 1.54) is 0 Å². The van der Waals surface area contributed by atoms with Crippen molar-refractivity contribution in [2.45, 2.75) is 26.1 Å². The summed E-state index contributed by atoms with van der Waals surface area (Å²) in [6.07, 6.45) is 1.58. The molecule has 1 saturated heterocycles. The molecule has 0 aliphatic carbocycles. The van der Waals surface area contributed by atoms with Gasteiger partial charge in [0.25, 0.3) is 5.91 Å². The van der Waals surface area contributed by atoms with E-state index < -0.39 is 0 Å². The SMILES string of the molecule is CC1CN(C(=O)c2cc(-c3ccco3)nn2-c2ccc(Cl)cc2)CC(C)O1. The Morgan fingerprint density at radius 3 is 2.48 bits per heavy atom. The summed E-state index contributed by atoms with van der Waals surface area (Å²) < 4.78 is 12.8. The molecule has 2 unspecified atom stereocenters. The number of morpholine rings is 1. The number of rotatable bonds is 3. The van der Waals surface area contributed by atoms with Gasteiger partial charge in [0.05, 0.1) is 24.2 Å². The molecule has 7 heteroatoms. The van der Waals surface area contributed by atoms with Crippen LogP contribution in [-0.2, 0) is 4.74 Å². The van der Waals surface area contributed by atoms with Crippen LogP contribution >= 0.6 is 11.6 Å². The summed E-state index contributed by atoms with van der Waals surface area (Å²) in [5, 5.41) is 5.23. The van der Waals surface area contributed by atoms with Gasteiger partial charge in [-0.1, -0.05) is 11.6 Å². The number of furan rings is 1. The van der Waals surface area contributed by atoms with E-state index in [1.54, 1.807) is 35.2 Å². The van der Waals surface area contributed by atoms with Gasteiger partial charge in [-0.05, 0) is 50.2 Å². The largest absolute Gasteiger partial charge is 0.463 e. The van der Waals surface area contributed by atoms with Gasteiger partial charge in [-0.3, -0.25) is 4.79 Å². The third-order valence-corrected chi connectivity index (χ3v) is 4.73. The van der Waals surface area contributed by atoms with Crippen LogP contribution in [0.1, 0.15) is 24.3 Å². The lowest BCUT2D eigenvalue weighted by atomic mass is 10.2. The maximum Gasteiger partial charge on any atom is 0.272 e. The lowest BCUT2D eigenvalue weighted by molar-refractivity contribution is -0.0588. The second kappa shape index (κ2) is 7.21. The molecule has 0 saturated carbocycles. The van der Waals surface area contributed by atoms with E-state index in [0.717, 1.165) is 5.69 Å². The number of amides is 1. The molecule has 27 heavy (non-hydrogen) atoms. The van der Waals surface area contributed by atoms with E-state index in [9.17, 15) is 4.79 Å². The zero-order chi connectivity index (χ0) is 19.0. The monoisotopic (exact) mass is 385 g/mol. The van der Waals surface area contributed by atoms with Crippen LogP contribution in [0.25, 0.3) is 17.1 Å². The second-order valence-corrected chi connectivity index (χ2v) is 7.18. The van der Waals surface area contributed by atoms with Gasteiger partial charge >= 0.3 is 0 Å². The van der Waals surface area contributed by atoms with Gasteiger partial charge in [0.15, 0.2) is 5.76 Å². The van der Waals surface area contributed by atoms with Gasteiger partial charge in [0.1, 0.15) is 11.4 Å². The number of hydrogen-bond acceptors (Lipinski definition) is 4. The van der Waals surface area contributed by atoms with Crippen molar-refractivity contribution in [1.29, 1.82) is 0 Å². The third-order valence-electron chi connectivity index (χ3n) is 4.48. The zero-order valence-corrected chi connectivity index (χ0v) is 15.9. The van der Waals surface area contributed by atoms with Crippen molar-refractivity contribution in [3.05, 3.63) is 59.4 Å². The van der Waals surface area contributed by atoms with E-state index in [0.29, 0.717) is 35.3 Å². The molecule has 1 aromatic carbocycles. The van der Waals surface area contributed by atoms with E-state index in [4.69, 9.17) is 20.8 Å². The number of halogens is 1. The molecule has 0 spiro atoms. The highest BCUT2D eigenvalue weighted by molar-refractivity contribution is 6.30. The highest BCUT2D eigenvalue weighted by Crippen LogP contribution is 2.25. The summed E-state index contributed by atoms with van der Waals surface area (Å²) >= 11 is 6.01. The standard InChI is InChI=1S/C20H20ClN3O3/c1-13-11-23(12-14(2)27-13)20(25)18-10-17(19-4-3-9-26-19)22-24(18)16-7-5-15(21)6-8-16/h3-10,13-14H,11-12H2,1-2H3. The smallest absolute Gasteiger partial charge is 0.272 e. The highest BCUT2D eigenvalue weighted by Gasteiger charge is 2.29. The molecule has 140 valence electrons. The van der Waals surface area contributed by atoms with Gasteiger partial charge in [0.2, 0.25) is 0 Å². The first-order valence-electron chi connectivity index (χ1n) is 8.86. The Balaban J connectivity index is 1.76. The minimum Gasteiger partial charge on any atom is -0.463 e. The Labute approximate surface area is 162 Å². The number of carbonyl (C=O) groups is 1. The van der Waals surface area contributed by atoms with E-state index >= 15 is 0 Å². The fourth-order valence-corrected chi connectivity index (χ4v) is 3.49. The van der Waals surface area contributed by atoms with Crippen molar-refractivity contribution in [2.75, 3.05) is 13.1 Å². The number of aromatic nitrogens is 2. The topological polar surface area (TPSA) is 60.5 Å². The average Bonchev–Trinajstić information content (AvgIpc) is 3.30. The lowest BCUT2D eigenvalue weighted by Crippen LogP contribution is -2.48. The second-order valence-electron chi connectivity index (χ2n) is 6.75. The van der Waals surface area contributed by atoms with Crippen molar-refractivity contribution >= 4 is 17.5 Å². The Morgan fingerprint density at radius 1 is 1.15 bits per heavy atom. The normalized spacial score (nSPS) is 20.0. The molecule has 3 aromatic rings. The van der Waals surface area contributed by atoms with Crippen molar-refractivity contribution in [2.24, 2.45) is 0 Å². The predicted molar refractivity (Wildman–Crippen MR) is 102 cm³/mol. The molecule has 0 radical (unpaired) electrons. The Kier molecular flexibility index (Phi) is 4.76. The summed E-state index contributed by atoms with van der Waals surface area (Å²) in [5.74, 6) is 0.526. The van der Waals surface area contributed by atoms with Crippen LogP contribution in [0.4, 0.5) is 0 Å². The summed E-state index contributed by atoms with van der Waals surface area (Å²) in [4.78, 5) is 15.1. The molecule has 1 aliphatic rings. The van der Waals surface area contributed by atoms with Crippen LogP contribution in [-0.4, -0.2) is 45.9 Å². The molecular formula is C20H20ClN3O3. The summed E-state index contributed by atoms with van der Waals surface area (Å²) in [7, 11) is 0. The predicted octanol–water partition coefficient (Wildman–Crippen LogP) is 4.04. The van der Waals surface area contributed by atoms with Crippen LogP contribution in [0.3, 0.4) is 0 Å². The average molecular weight is 386 g/mol. The molecule has 0 N–H and O–H groups in total. The number of ether oxygens (including phenoxy) is 1. The van der Waals surface area contributed by atoms with Crippen LogP contribution < -0.4 is 0 Å². The molecule has 6 nitrogen and oxygen atoms in total. The van der Waals surface area contributed by atoms with Crippen LogP contribution in [0.5, 0.6) is 0 Å². The van der Waals surface area contributed by atoms with Gasteiger partial charge in [0, 0.05) is 24.2 Å². The molecule has 0 bridgehead atoms. The highest BCUT2D eigenvalue weighted by atomic mass is 35.5. The Hall–Kier alpha value is -2.57. The van der Waals surface area contributed by atoms with E-state index in [1.807, 2.05) is 36.9 Å². The molecular weight excluding hydrogens is 366 g/mol. The van der Waals surface area contributed by atoms with E-state index in [2.05, 4.69) is 5.10 Å². The number of carbonyl (C=O) groups excluding carboxylic acids is 1. The molecule has 2 aromatic heterocycles. The number of hydrogen-bond donors (Lipinski definition) is 0. The molecule has 1 amide bonds. The van der Waals surface area contributed by atoms with Crippen LogP contribution in [0, 0.1) is 0 Å². The minimum atomic E-state index is -0.0859. The Morgan fingerprint density at radius 2 is 1.85 bits per heavy atom. The lowest BCUT2D eigenvalue weighted by Gasteiger charge is -2.35. The van der Waals surface area contributed by atoms with Crippen LogP contribution in [0.2, 0.25) is 5.02 Å².